The van der Waals surface area contributed by atoms with Gasteiger partial charge in [0.2, 0.25) is 5.52 Å². The average Bonchev–Trinajstić information content (AvgIpc) is 2.56. The minimum absolute atomic E-state index is 0.414. The predicted octanol–water partition coefficient (Wildman–Crippen LogP) is 2.28. The Kier molecular flexibility index (Phi) is 4.12. The van der Waals surface area contributed by atoms with Crippen molar-refractivity contribution in [1.82, 2.24) is 0 Å². The molecule has 22 heavy (non-hydrogen) atoms. The largest absolute Gasteiger partial charge is 0.431 e. The second kappa shape index (κ2) is 6.37. The molecule has 3 aromatic rings. The number of aliphatic hydroxyl groups excluding tert-OH is 1. The number of rotatable bonds is 4. The number of hydrogen-bond acceptors (Lipinski definition) is 3. The minimum atomic E-state index is -0.628. The number of para-hydroxylation sites is 1. The number of hydrogen-bond donors (Lipinski definition) is 1. The lowest BCUT2D eigenvalue weighted by atomic mass is 10.1. The zero-order valence-electron chi connectivity index (χ0n) is 12.0. The van der Waals surface area contributed by atoms with Crippen LogP contribution >= 0.6 is 0 Å². The average molecular weight is 294 g/mol. The third-order valence-electron chi connectivity index (χ3n) is 3.53. The number of carbonyl (C=O) groups excluding carboxylic acids is 1. The topological polar surface area (TPSA) is 50.4 Å². The van der Waals surface area contributed by atoms with E-state index in [1.807, 2.05) is 65.2 Å². The Hall–Kier alpha value is -2.72. The number of aliphatic hydroxyl groups is 1. The second-order valence-corrected chi connectivity index (χ2v) is 4.91. The number of fused-ring (bicyclic) bond motifs is 1. The number of aromatic nitrogens is 1. The van der Waals surface area contributed by atoms with Crippen molar-refractivity contribution < 1.29 is 19.2 Å². The van der Waals surface area contributed by atoms with Crippen LogP contribution in [0.15, 0.2) is 66.7 Å². The smallest absolute Gasteiger partial charge is 0.405 e. The molecule has 0 aliphatic heterocycles. The van der Waals surface area contributed by atoms with Crippen LogP contribution in [0, 0.1) is 0 Å². The third kappa shape index (κ3) is 2.82. The highest BCUT2D eigenvalue weighted by atomic mass is 16.6. The van der Waals surface area contributed by atoms with E-state index in [2.05, 4.69) is 0 Å². The number of benzene rings is 2. The van der Waals surface area contributed by atoms with Crippen molar-refractivity contribution in [2.45, 2.75) is 6.54 Å². The van der Waals surface area contributed by atoms with Gasteiger partial charge >= 0.3 is 5.97 Å². The SMILES string of the molecule is O=C(OCO)c1ccc2ccccc2[n+]1Cc1ccccc1. The van der Waals surface area contributed by atoms with E-state index in [0.717, 1.165) is 16.5 Å². The first-order chi connectivity index (χ1) is 10.8. The summed E-state index contributed by atoms with van der Waals surface area (Å²) in [6, 6.07) is 21.4. The lowest BCUT2D eigenvalue weighted by Gasteiger charge is -2.07. The van der Waals surface area contributed by atoms with Gasteiger partial charge in [0.25, 0.3) is 5.69 Å². The zero-order valence-corrected chi connectivity index (χ0v) is 12.0. The molecule has 4 nitrogen and oxygen atoms in total. The van der Waals surface area contributed by atoms with Gasteiger partial charge in [0, 0.05) is 23.1 Å². The van der Waals surface area contributed by atoms with Crippen LogP contribution in [0.25, 0.3) is 10.9 Å². The minimum Gasteiger partial charge on any atom is -0.431 e. The van der Waals surface area contributed by atoms with Crippen molar-refractivity contribution in [3.05, 3.63) is 78.0 Å². The van der Waals surface area contributed by atoms with E-state index in [9.17, 15) is 4.79 Å². The Morgan fingerprint density at radius 1 is 0.955 bits per heavy atom. The van der Waals surface area contributed by atoms with Gasteiger partial charge in [-0.3, -0.25) is 0 Å². The molecule has 0 radical (unpaired) electrons. The summed E-state index contributed by atoms with van der Waals surface area (Å²) in [5.74, 6) is -0.538. The summed E-state index contributed by atoms with van der Waals surface area (Å²) in [5.41, 5.74) is 2.44. The van der Waals surface area contributed by atoms with E-state index in [1.54, 1.807) is 6.07 Å². The Balaban J connectivity index is 2.14. The van der Waals surface area contributed by atoms with Gasteiger partial charge in [-0.2, -0.15) is 4.57 Å². The van der Waals surface area contributed by atoms with E-state index in [0.29, 0.717) is 12.2 Å². The van der Waals surface area contributed by atoms with Crippen LogP contribution in [0.5, 0.6) is 0 Å². The van der Waals surface area contributed by atoms with Gasteiger partial charge in [-0.25, -0.2) is 4.79 Å². The molecule has 0 atom stereocenters. The van der Waals surface area contributed by atoms with Crippen molar-refractivity contribution in [2.24, 2.45) is 0 Å². The number of carbonyl (C=O) groups is 1. The standard InChI is InChI=1S/C18H16NO3/c20-13-22-18(21)17-11-10-15-8-4-5-9-16(15)19(17)12-14-6-2-1-3-7-14/h1-11,20H,12-13H2/q+1. The maximum Gasteiger partial charge on any atom is 0.405 e. The van der Waals surface area contributed by atoms with Gasteiger partial charge in [-0.05, 0) is 12.1 Å². The van der Waals surface area contributed by atoms with Crippen LogP contribution in [0.3, 0.4) is 0 Å². The first-order valence-corrected chi connectivity index (χ1v) is 7.03. The third-order valence-corrected chi connectivity index (χ3v) is 3.53. The molecule has 1 aromatic heterocycles. The molecule has 0 saturated heterocycles. The molecule has 1 N–H and O–H groups in total. The highest BCUT2D eigenvalue weighted by molar-refractivity contribution is 5.88. The molecule has 0 amide bonds. The van der Waals surface area contributed by atoms with Crippen molar-refractivity contribution in [1.29, 1.82) is 0 Å². The Morgan fingerprint density at radius 3 is 2.45 bits per heavy atom. The highest BCUT2D eigenvalue weighted by Crippen LogP contribution is 2.12. The van der Waals surface area contributed by atoms with Crippen LogP contribution in [0.1, 0.15) is 16.1 Å². The fourth-order valence-corrected chi connectivity index (χ4v) is 2.51. The van der Waals surface area contributed by atoms with Crippen molar-refractivity contribution in [3.63, 3.8) is 0 Å². The number of nitrogens with zero attached hydrogens (tertiary/aromatic N) is 1. The van der Waals surface area contributed by atoms with Gasteiger partial charge in [0.05, 0.1) is 0 Å². The quantitative estimate of drug-likeness (QED) is 0.456. The fraction of sp³-hybridized carbons (Fsp3) is 0.111. The number of pyridine rings is 1. The number of esters is 1. The molecule has 0 spiro atoms. The van der Waals surface area contributed by atoms with Gasteiger partial charge in [0.15, 0.2) is 13.3 Å². The molecule has 1 heterocycles. The molecule has 0 aliphatic rings. The van der Waals surface area contributed by atoms with Gasteiger partial charge in [-0.1, -0.05) is 42.5 Å². The van der Waals surface area contributed by atoms with Crippen LogP contribution in [0.4, 0.5) is 0 Å². The molecule has 3 rings (SSSR count). The van der Waals surface area contributed by atoms with E-state index in [4.69, 9.17) is 9.84 Å². The number of ether oxygens (including phenoxy) is 1. The maximum absolute atomic E-state index is 12.1. The summed E-state index contributed by atoms with van der Waals surface area (Å²) >= 11 is 0. The Bertz CT molecular complexity index is 800. The Labute approximate surface area is 128 Å². The molecule has 0 fully saturated rings. The fourth-order valence-electron chi connectivity index (χ4n) is 2.51. The molecule has 2 aromatic carbocycles. The lowest BCUT2D eigenvalue weighted by Crippen LogP contribution is -2.42. The maximum atomic E-state index is 12.1. The van der Waals surface area contributed by atoms with Crippen LogP contribution in [-0.2, 0) is 11.3 Å². The van der Waals surface area contributed by atoms with E-state index in [1.165, 1.54) is 0 Å². The van der Waals surface area contributed by atoms with E-state index < -0.39 is 12.8 Å². The van der Waals surface area contributed by atoms with E-state index >= 15 is 0 Å². The zero-order chi connectivity index (χ0) is 15.4. The first kappa shape index (κ1) is 14.2. The molecule has 4 heteroatoms. The predicted molar refractivity (Wildman–Crippen MR) is 82.2 cm³/mol. The van der Waals surface area contributed by atoms with Crippen LogP contribution < -0.4 is 4.57 Å². The molecular formula is C18H16NO3+. The van der Waals surface area contributed by atoms with Crippen LogP contribution in [-0.4, -0.2) is 17.9 Å². The summed E-state index contributed by atoms with van der Waals surface area (Å²) in [5, 5.41) is 9.88. The van der Waals surface area contributed by atoms with Crippen molar-refractivity contribution >= 4 is 16.9 Å². The van der Waals surface area contributed by atoms with Gasteiger partial charge in [-0.15, -0.1) is 0 Å². The molecule has 110 valence electrons. The molecular weight excluding hydrogens is 278 g/mol. The summed E-state index contributed by atoms with van der Waals surface area (Å²) < 4.78 is 6.66. The van der Waals surface area contributed by atoms with Crippen molar-refractivity contribution in [2.75, 3.05) is 6.79 Å². The lowest BCUT2D eigenvalue weighted by molar-refractivity contribution is -0.665. The van der Waals surface area contributed by atoms with Gasteiger partial charge in [0.1, 0.15) is 0 Å². The van der Waals surface area contributed by atoms with Gasteiger partial charge < -0.3 is 9.84 Å². The Morgan fingerprint density at radius 2 is 1.68 bits per heavy atom. The summed E-state index contributed by atoms with van der Waals surface area (Å²) in [6.07, 6.45) is 0. The van der Waals surface area contributed by atoms with Crippen LogP contribution in [0.2, 0.25) is 0 Å². The summed E-state index contributed by atoms with van der Waals surface area (Å²) in [7, 11) is 0. The highest BCUT2D eigenvalue weighted by Gasteiger charge is 2.23. The molecule has 0 saturated carbocycles. The summed E-state index contributed by atoms with van der Waals surface area (Å²) in [4.78, 5) is 12.1. The molecule has 0 aliphatic carbocycles. The monoisotopic (exact) mass is 294 g/mol. The normalized spacial score (nSPS) is 10.6. The molecule has 0 bridgehead atoms. The second-order valence-electron chi connectivity index (χ2n) is 4.91. The molecule has 0 unspecified atom stereocenters. The first-order valence-electron chi connectivity index (χ1n) is 7.03. The summed E-state index contributed by atoms with van der Waals surface area (Å²) in [6.45, 7) is -0.0744. The van der Waals surface area contributed by atoms with Crippen molar-refractivity contribution in [3.8, 4) is 0 Å². The van der Waals surface area contributed by atoms with E-state index in [-0.39, 0.29) is 0 Å².